The highest BCUT2D eigenvalue weighted by atomic mass is 16.3. The highest BCUT2D eigenvalue weighted by molar-refractivity contribution is 5.56. The van der Waals surface area contributed by atoms with Crippen molar-refractivity contribution in [1.82, 2.24) is 0 Å². The lowest BCUT2D eigenvalue weighted by molar-refractivity contribution is 0.141. The van der Waals surface area contributed by atoms with E-state index in [9.17, 15) is 10.2 Å². The molecule has 3 atom stereocenters. The molecule has 2 nitrogen and oxygen atoms in total. The number of hydrogen-bond acceptors (Lipinski definition) is 2. The van der Waals surface area contributed by atoms with E-state index in [-0.39, 0.29) is 16.9 Å². The van der Waals surface area contributed by atoms with E-state index in [0.717, 1.165) is 43.6 Å². The molecule has 4 rings (SSSR count). The van der Waals surface area contributed by atoms with Crippen LogP contribution in [0.5, 0.6) is 5.75 Å². The zero-order valence-electron chi connectivity index (χ0n) is 18.3. The maximum atomic E-state index is 10.7. The predicted octanol–water partition coefficient (Wildman–Crippen LogP) is 6.35. The number of allylic oxidation sites excluding steroid dienone is 1. The van der Waals surface area contributed by atoms with Crippen molar-refractivity contribution >= 4 is 0 Å². The Hall–Kier alpha value is -1.28. The summed E-state index contributed by atoms with van der Waals surface area (Å²) in [6, 6.07) is 4.12. The number of fused-ring (bicyclic) bond motifs is 4. The van der Waals surface area contributed by atoms with Gasteiger partial charge in [-0.05, 0) is 92.4 Å². The van der Waals surface area contributed by atoms with Gasteiger partial charge in [-0.1, -0.05) is 50.8 Å². The van der Waals surface area contributed by atoms with Crippen LogP contribution in [0.25, 0.3) is 0 Å². The second-order valence-electron chi connectivity index (χ2n) is 10.3. The van der Waals surface area contributed by atoms with Gasteiger partial charge in [-0.3, -0.25) is 0 Å². The largest absolute Gasteiger partial charge is 0.508 e. The van der Waals surface area contributed by atoms with Crippen LogP contribution in [0.1, 0.15) is 95.2 Å². The molecular weight excluding hydrogens is 344 g/mol. The fraction of sp³-hybridized carbons (Fsp3) is 0.692. The number of phenolic OH excluding ortho intramolecular Hbond substituents is 1. The number of aliphatic hydroxyl groups is 1. The summed E-state index contributed by atoms with van der Waals surface area (Å²) < 4.78 is 0. The zero-order chi connectivity index (χ0) is 20.1. The van der Waals surface area contributed by atoms with Gasteiger partial charge in [0, 0.05) is 5.41 Å². The van der Waals surface area contributed by atoms with E-state index < -0.39 is 0 Å². The normalized spacial score (nSPS) is 31.7. The van der Waals surface area contributed by atoms with E-state index in [2.05, 4.69) is 33.8 Å². The average Bonchev–Trinajstić information content (AvgIpc) is 3.00. The molecule has 0 amide bonds. The van der Waals surface area contributed by atoms with Crippen molar-refractivity contribution in [3.8, 4) is 5.75 Å². The fourth-order valence-electron chi connectivity index (χ4n) is 6.95. The molecule has 0 unspecified atom stereocenters. The third-order valence-corrected chi connectivity index (χ3v) is 8.43. The Morgan fingerprint density at radius 3 is 2.64 bits per heavy atom. The van der Waals surface area contributed by atoms with Crippen LogP contribution in [0, 0.1) is 18.3 Å². The smallest absolute Gasteiger partial charge is 0.118 e. The molecule has 1 fully saturated rings. The molecule has 2 N–H and O–H groups in total. The Morgan fingerprint density at radius 2 is 1.93 bits per heavy atom. The Balaban J connectivity index is 1.79. The second-order valence-corrected chi connectivity index (χ2v) is 10.3. The minimum Gasteiger partial charge on any atom is -0.508 e. The molecule has 3 aliphatic rings. The lowest BCUT2D eigenvalue weighted by Gasteiger charge is -2.51. The highest BCUT2D eigenvalue weighted by Crippen LogP contribution is 2.63. The summed E-state index contributed by atoms with van der Waals surface area (Å²) >= 11 is 0. The molecule has 1 aromatic rings. The van der Waals surface area contributed by atoms with Gasteiger partial charge in [0.15, 0.2) is 0 Å². The van der Waals surface area contributed by atoms with Gasteiger partial charge >= 0.3 is 0 Å². The molecule has 154 valence electrons. The predicted molar refractivity (Wildman–Crippen MR) is 116 cm³/mol. The molecule has 0 aromatic heterocycles. The molecule has 0 bridgehead atoms. The van der Waals surface area contributed by atoms with E-state index in [1.54, 1.807) is 11.1 Å². The number of aromatic hydroxyl groups is 1. The first-order valence-electron chi connectivity index (χ1n) is 11.6. The number of aliphatic hydroxyl groups excluding tert-OH is 1. The number of rotatable bonds is 5. The molecule has 0 heterocycles. The highest BCUT2D eigenvalue weighted by Gasteiger charge is 2.53. The molecule has 0 spiro atoms. The van der Waals surface area contributed by atoms with Crippen molar-refractivity contribution in [2.45, 2.75) is 103 Å². The minimum absolute atomic E-state index is 0.132. The van der Waals surface area contributed by atoms with Gasteiger partial charge in [-0.25, -0.2) is 0 Å². The Kier molecular flexibility index (Phi) is 5.15. The summed E-state index contributed by atoms with van der Waals surface area (Å²) in [5.41, 5.74) is 7.62. The first kappa shape index (κ1) is 20.0. The first-order valence-corrected chi connectivity index (χ1v) is 11.6. The monoisotopic (exact) mass is 382 g/mol. The summed E-state index contributed by atoms with van der Waals surface area (Å²) in [6.45, 7) is 9.06. The van der Waals surface area contributed by atoms with Crippen molar-refractivity contribution in [3.05, 3.63) is 40.0 Å². The van der Waals surface area contributed by atoms with Gasteiger partial charge in [0.05, 0.1) is 6.10 Å². The quantitative estimate of drug-likeness (QED) is 0.582. The molecule has 0 saturated heterocycles. The summed E-state index contributed by atoms with van der Waals surface area (Å²) in [6.07, 6.45) is 11.2. The molecule has 0 radical (unpaired) electrons. The molecule has 2 heteroatoms. The van der Waals surface area contributed by atoms with E-state index in [4.69, 9.17) is 0 Å². The van der Waals surface area contributed by atoms with Crippen LogP contribution in [-0.4, -0.2) is 16.3 Å². The van der Waals surface area contributed by atoms with Crippen LogP contribution in [-0.2, 0) is 11.8 Å². The summed E-state index contributed by atoms with van der Waals surface area (Å²) in [5, 5.41) is 20.9. The molecule has 3 aliphatic carbocycles. The number of hydrogen-bond donors (Lipinski definition) is 2. The lowest BCUT2D eigenvalue weighted by atomic mass is 9.53. The summed E-state index contributed by atoms with van der Waals surface area (Å²) in [7, 11) is 0. The Bertz CT molecular complexity index is 790. The van der Waals surface area contributed by atoms with E-state index >= 15 is 0 Å². The van der Waals surface area contributed by atoms with Crippen LogP contribution in [0.2, 0.25) is 0 Å². The van der Waals surface area contributed by atoms with Crippen LogP contribution in [0.4, 0.5) is 0 Å². The van der Waals surface area contributed by atoms with Gasteiger partial charge < -0.3 is 10.2 Å². The summed E-state index contributed by atoms with van der Waals surface area (Å²) in [4.78, 5) is 0. The van der Waals surface area contributed by atoms with Crippen molar-refractivity contribution in [2.24, 2.45) is 11.3 Å². The molecular formula is C26H38O2. The Labute approximate surface area is 171 Å². The SMILES string of the molecule is CC[C@@]12CC[C@@]3(CCCC(C)C)C[C@@H](O)CC3=C1CCc1c2ccc(O)c1C. The van der Waals surface area contributed by atoms with E-state index in [1.807, 2.05) is 6.07 Å². The third-order valence-electron chi connectivity index (χ3n) is 8.43. The molecule has 28 heavy (non-hydrogen) atoms. The molecule has 1 aromatic carbocycles. The standard InChI is InChI=1S/C26H38O2/c1-5-26-14-13-25(12-6-7-17(2)3)16-19(27)15-23(25)22(26)9-8-20-18(4)24(28)11-10-21(20)26/h10-11,17,19,27-28H,5-9,12-16H2,1-4H3/t19-,25-,26-/m0/s1. The van der Waals surface area contributed by atoms with Crippen molar-refractivity contribution in [3.63, 3.8) is 0 Å². The average molecular weight is 383 g/mol. The second kappa shape index (κ2) is 7.20. The third kappa shape index (κ3) is 2.95. The van der Waals surface area contributed by atoms with Gasteiger partial charge in [-0.2, -0.15) is 0 Å². The van der Waals surface area contributed by atoms with E-state index in [0.29, 0.717) is 5.75 Å². The minimum atomic E-state index is -0.155. The topological polar surface area (TPSA) is 40.5 Å². The maximum absolute atomic E-state index is 10.7. The lowest BCUT2D eigenvalue weighted by Crippen LogP contribution is -2.41. The van der Waals surface area contributed by atoms with Crippen molar-refractivity contribution < 1.29 is 10.2 Å². The van der Waals surface area contributed by atoms with Crippen molar-refractivity contribution in [1.29, 1.82) is 0 Å². The summed E-state index contributed by atoms with van der Waals surface area (Å²) in [5.74, 6) is 1.20. The molecule has 1 saturated carbocycles. The van der Waals surface area contributed by atoms with Gasteiger partial charge in [0.25, 0.3) is 0 Å². The van der Waals surface area contributed by atoms with Crippen LogP contribution in [0.3, 0.4) is 0 Å². The van der Waals surface area contributed by atoms with Gasteiger partial charge in [0.2, 0.25) is 0 Å². The van der Waals surface area contributed by atoms with Gasteiger partial charge in [0.1, 0.15) is 5.75 Å². The maximum Gasteiger partial charge on any atom is 0.118 e. The van der Waals surface area contributed by atoms with Crippen LogP contribution < -0.4 is 0 Å². The molecule has 0 aliphatic heterocycles. The first-order chi connectivity index (χ1) is 13.3. The van der Waals surface area contributed by atoms with Crippen LogP contribution >= 0.6 is 0 Å². The van der Waals surface area contributed by atoms with Crippen LogP contribution in [0.15, 0.2) is 23.3 Å². The number of benzene rings is 1. The Morgan fingerprint density at radius 1 is 1.14 bits per heavy atom. The van der Waals surface area contributed by atoms with Gasteiger partial charge in [-0.15, -0.1) is 0 Å². The fourth-order valence-corrected chi connectivity index (χ4v) is 6.95. The zero-order valence-corrected chi connectivity index (χ0v) is 18.3. The van der Waals surface area contributed by atoms with E-state index in [1.165, 1.54) is 43.2 Å². The van der Waals surface area contributed by atoms with Crippen molar-refractivity contribution in [2.75, 3.05) is 0 Å². The number of phenols is 1.